The molecule has 0 radical (unpaired) electrons. The summed E-state index contributed by atoms with van der Waals surface area (Å²) in [5.41, 5.74) is 4.99. The molecule has 1 unspecified atom stereocenters. The lowest BCUT2D eigenvalue weighted by atomic mass is 9.83. The van der Waals surface area contributed by atoms with Gasteiger partial charge < -0.3 is 29.9 Å². The van der Waals surface area contributed by atoms with Gasteiger partial charge in [-0.15, -0.1) is 0 Å². The molecule has 0 aliphatic carbocycles. The van der Waals surface area contributed by atoms with Crippen molar-refractivity contribution in [3.05, 3.63) is 57.6 Å². The van der Waals surface area contributed by atoms with E-state index in [1.54, 1.807) is 0 Å². The van der Waals surface area contributed by atoms with Gasteiger partial charge in [0.15, 0.2) is 0 Å². The van der Waals surface area contributed by atoms with Gasteiger partial charge in [-0.2, -0.15) is 0 Å². The minimum atomic E-state index is -0.798. The van der Waals surface area contributed by atoms with E-state index in [2.05, 4.69) is 6.92 Å². The number of benzene rings is 2. The molecule has 0 saturated carbocycles. The predicted molar refractivity (Wildman–Crippen MR) is 177 cm³/mol. The zero-order valence-corrected chi connectivity index (χ0v) is 29.0. The van der Waals surface area contributed by atoms with Crippen molar-refractivity contribution in [2.45, 2.75) is 125 Å². The Hall–Kier alpha value is -3.10. The average molecular weight is 619 g/mol. The van der Waals surface area contributed by atoms with Crippen molar-refractivity contribution in [3.8, 4) is 11.5 Å². The Labute approximate surface area is 265 Å². The van der Waals surface area contributed by atoms with E-state index in [1.165, 1.54) is 0 Å². The first kappa shape index (κ1) is 40.9. The maximum absolute atomic E-state index is 10.6. The molecule has 2 aromatic carbocycles. The molecule has 0 aromatic heterocycles. The van der Waals surface area contributed by atoms with Crippen LogP contribution in [-0.2, 0) is 42.7 Å². The number of carboxylic acids is 2. The Morgan fingerprint density at radius 1 is 0.705 bits per heavy atom. The summed E-state index contributed by atoms with van der Waals surface area (Å²) in [4.78, 5) is 21.1. The van der Waals surface area contributed by atoms with E-state index >= 15 is 0 Å². The van der Waals surface area contributed by atoms with Crippen LogP contribution in [0.4, 0.5) is 0 Å². The highest BCUT2D eigenvalue weighted by Gasteiger charge is 2.21. The second-order valence-electron chi connectivity index (χ2n) is 13.1. The normalized spacial score (nSPS) is 12.0. The number of phenols is 2. The van der Waals surface area contributed by atoms with E-state index in [0.29, 0.717) is 30.4 Å². The lowest BCUT2D eigenvalue weighted by Crippen LogP contribution is -2.18. The number of rotatable bonds is 12. The molecule has 0 aliphatic rings. The molecule has 0 aliphatic heterocycles. The van der Waals surface area contributed by atoms with Crippen LogP contribution in [0.25, 0.3) is 0 Å². The molecule has 2 aromatic rings. The van der Waals surface area contributed by atoms with Gasteiger partial charge in [-0.05, 0) is 91.2 Å². The number of carboxylic acid groups (broad SMARTS) is 2. The molecule has 0 spiro atoms. The molecule has 0 saturated heterocycles. The number of phenolic OH excluding ortho intramolecular Hbond substituents is 2. The Kier molecular flexibility index (Phi) is 18.0. The van der Waals surface area contributed by atoms with Crippen LogP contribution in [0.2, 0.25) is 0 Å². The second-order valence-corrected chi connectivity index (χ2v) is 13.1. The number of ether oxygens (including phenoxy) is 2. The van der Waals surface area contributed by atoms with Crippen molar-refractivity contribution in [1.82, 2.24) is 0 Å². The van der Waals surface area contributed by atoms with Crippen molar-refractivity contribution >= 4 is 11.9 Å². The Balaban J connectivity index is 0.000000655. The van der Waals surface area contributed by atoms with Crippen LogP contribution >= 0.6 is 0 Å². The smallest absolute Gasteiger partial charge is 0.303 e. The van der Waals surface area contributed by atoms with E-state index < -0.39 is 11.9 Å². The van der Waals surface area contributed by atoms with Crippen molar-refractivity contribution in [1.29, 1.82) is 0 Å². The molecule has 8 nitrogen and oxygen atoms in total. The third kappa shape index (κ3) is 15.6. The third-order valence-electron chi connectivity index (χ3n) is 6.96. The predicted octanol–water partition coefficient (Wildman–Crippen LogP) is 7.87. The highest BCUT2D eigenvalue weighted by atomic mass is 16.5. The van der Waals surface area contributed by atoms with Gasteiger partial charge >= 0.3 is 11.9 Å². The maximum Gasteiger partial charge on any atom is 0.303 e. The fraction of sp³-hybridized carbons (Fsp3) is 0.611. The molecule has 0 amide bonds. The number of hydrogen-bond donors (Lipinski definition) is 4. The molecular formula is C36H58O8. The zero-order chi connectivity index (χ0) is 34.3. The summed E-state index contributed by atoms with van der Waals surface area (Å²) in [6, 6.07) is 7.53. The highest BCUT2D eigenvalue weighted by Crippen LogP contribution is 2.35. The van der Waals surface area contributed by atoms with Gasteiger partial charge in [0.25, 0.3) is 0 Å². The van der Waals surface area contributed by atoms with Crippen LogP contribution in [0.1, 0.15) is 115 Å². The fourth-order valence-corrected chi connectivity index (χ4v) is 4.41. The number of hydrogen-bond acceptors (Lipinski definition) is 6. The maximum atomic E-state index is 10.6. The monoisotopic (exact) mass is 618 g/mol. The van der Waals surface area contributed by atoms with Gasteiger partial charge in [-0.1, -0.05) is 72.7 Å². The summed E-state index contributed by atoms with van der Waals surface area (Å²) in [5, 5.41) is 37.4. The minimum absolute atomic E-state index is 0.119. The van der Waals surface area contributed by atoms with Crippen LogP contribution in [0.3, 0.4) is 0 Å². The topological polar surface area (TPSA) is 134 Å². The average Bonchev–Trinajstić information content (AvgIpc) is 2.91. The number of aryl methyl sites for hydroxylation is 4. The van der Waals surface area contributed by atoms with E-state index in [0.717, 1.165) is 59.6 Å². The molecule has 0 fully saturated rings. The van der Waals surface area contributed by atoms with Crippen molar-refractivity contribution < 1.29 is 39.5 Å². The fourth-order valence-electron chi connectivity index (χ4n) is 4.41. The van der Waals surface area contributed by atoms with E-state index in [4.69, 9.17) is 19.7 Å². The Bertz CT molecular complexity index is 1090. The van der Waals surface area contributed by atoms with Gasteiger partial charge in [0, 0.05) is 26.1 Å². The van der Waals surface area contributed by atoms with Crippen LogP contribution in [0.5, 0.6) is 11.5 Å². The number of aliphatic carboxylic acids is 2. The summed E-state index contributed by atoms with van der Waals surface area (Å²) in [7, 11) is 0. The lowest BCUT2D eigenvalue weighted by Gasteiger charge is -2.22. The number of aromatic hydroxyl groups is 2. The standard InChI is InChI=1S/2C14H20O3.C8H18O2/c2*1-9-7-10(5-6-12(15)16)8-11(13(9)17)14(2,3)4;1-4-8(10-6-3)7-9-5-2/h2*7-8,17H,5-6H2,1-4H3,(H,15,16);8H,4-7H2,1-3H3. The van der Waals surface area contributed by atoms with E-state index in [-0.39, 0.29) is 23.7 Å². The van der Waals surface area contributed by atoms with Gasteiger partial charge in [0.2, 0.25) is 0 Å². The summed E-state index contributed by atoms with van der Waals surface area (Å²) in [6.45, 7) is 24.3. The highest BCUT2D eigenvalue weighted by molar-refractivity contribution is 5.67. The minimum Gasteiger partial charge on any atom is -0.507 e. The molecule has 4 N–H and O–H groups in total. The van der Waals surface area contributed by atoms with Crippen molar-refractivity contribution in [2.75, 3.05) is 19.8 Å². The molecule has 8 heteroatoms. The first-order valence-corrected chi connectivity index (χ1v) is 15.6. The summed E-state index contributed by atoms with van der Waals surface area (Å²) >= 11 is 0. The second kappa shape index (κ2) is 19.3. The summed E-state index contributed by atoms with van der Waals surface area (Å²) in [6.07, 6.45) is 2.57. The van der Waals surface area contributed by atoms with E-state index in [1.807, 2.05) is 93.5 Å². The van der Waals surface area contributed by atoms with Crippen LogP contribution in [-0.4, -0.2) is 58.3 Å². The van der Waals surface area contributed by atoms with Crippen LogP contribution in [0.15, 0.2) is 24.3 Å². The Morgan fingerprint density at radius 3 is 1.36 bits per heavy atom. The van der Waals surface area contributed by atoms with Gasteiger partial charge in [-0.3, -0.25) is 9.59 Å². The molecule has 44 heavy (non-hydrogen) atoms. The number of carbonyl (C=O) groups is 2. The van der Waals surface area contributed by atoms with Gasteiger partial charge in [0.05, 0.1) is 12.7 Å². The van der Waals surface area contributed by atoms with Crippen LogP contribution in [0, 0.1) is 13.8 Å². The molecule has 2 rings (SSSR count). The molecular weight excluding hydrogens is 560 g/mol. The lowest BCUT2D eigenvalue weighted by molar-refractivity contribution is -0.138. The molecule has 1 atom stereocenters. The molecule has 0 heterocycles. The molecule has 0 bridgehead atoms. The van der Waals surface area contributed by atoms with Gasteiger partial charge in [0.1, 0.15) is 11.5 Å². The largest absolute Gasteiger partial charge is 0.507 e. The summed E-state index contributed by atoms with van der Waals surface area (Å²) in [5.74, 6) is -0.964. The third-order valence-corrected chi connectivity index (χ3v) is 6.96. The van der Waals surface area contributed by atoms with E-state index in [9.17, 15) is 19.8 Å². The SMILES string of the molecule is CCOCC(CC)OCC.Cc1cc(CCC(=O)O)cc(C(C)(C)C)c1O.Cc1cc(CCC(=O)O)cc(C(C)(C)C)c1O. The zero-order valence-electron chi connectivity index (χ0n) is 29.0. The Morgan fingerprint density at radius 2 is 1.09 bits per heavy atom. The molecule has 250 valence electrons. The first-order chi connectivity index (χ1) is 20.3. The van der Waals surface area contributed by atoms with Crippen molar-refractivity contribution in [2.24, 2.45) is 0 Å². The van der Waals surface area contributed by atoms with Crippen molar-refractivity contribution in [3.63, 3.8) is 0 Å². The van der Waals surface area contributed by atoms with Crippen LogP contribution < -0.4 is 0 Å². The quantitative estimate of drug-likeness (QED) is 0.189. The van der Waals surface area contributed by atoms with Gasteiger partial charge in [-0.25, -0.2) is 0 Å². The first-order valence-electron chi connectivity index (χ1n) is 15.6. The summed E-state index contributed by atoms with van der Waals surface area (Å²) < 4.78 is 10.6.